The predicted molar refractivity (Wildman–Crippen MR) is 107 cm³/mol. The van der Waals surface area contributed by atoms with Crippen LogP contribution in [0.25, 0.3) is 11.3 Å². The van der Waals surface area contributed by atoms with E-state index in [2.05, 4.69) is 42.1 Å². The van der Waals surface area contributed by atoms with E-state index in [1.54, 1.807) is 23.7 Å². The van der Waals surface area contributed by atoms with Crippen molar-refractivity contribution in [2.45, 2.75) is 39.0 Å². The molecule has 0 atom stereocenters. The molecule has 1 aromatic carbocycles. The number of carbonyl (C=O) groups is 1. The van der Waals surface area contributed by atoms with Gasteiger partial charge in [-0.15, -0.1) is 11.3 Å². The van der Waals surface area contributed by atoms with Crippen molar-refractivity contribution in [1.29, 1.82) is 0 Å². The fraction of sp³-hybridized carbons (Fsp3) is 0.286. The molecule has 3 aromatic rings. The van der Waals surface area contributed by atoms with Crippen molar-refractivity contribution in [2.75, 3.05) is 5.32 Å². The third-order valence-electron chi connectivity index (χ3n) is 4.10. The zero-order chi connectivity index (χ0) is 18.6. The van der Waals surface area contributed by atoms with Crippen LogP contribution in [0.5, 0.6) is 0 Å². The molecule has 0 radical (unpaired) electrons. The van der Waals surface area contributed by atoms with E-state index >= 15 is 0 Å². The van der Waals surface area contributed by atoms with Crippen molar-refractivity contribution in [3.05, 3.63) is 64.7 Å². The van der Waals surface area contributed by atoms with E-state index in [-0.39, 0.29) is 11.3 Å². The molecular weight excluding hydrogens is 342 g/mol. The zero-order valence-electron chi connectivity index (χ0n) is 15.3. The van der Waals surface area contributed by atoms with Crippen LogP contribution in [0.15, 0.2) is 54.2 Å². The first-order chi connectivity index (χ1) is 12.4. The summed E-state index contributed by atoms with van der Waals surface area (Å²) in [5.41, 5.74) is 4.00. The van der Waals surface area contributed by atoms with Gasteiger partial charge in [-0.1, -0.05) is 39.0 Å². The van der Waals surface area contributed by atoms with Crippen LogP contribution in [0.3, 0.4) is 0 Å². The van der Waals surface area contributed by atoms with Crippen molar-refractivity contribution in [3.8, 4) is 11.3 Å². The Hall–Kier alpha value is -2.53. The van der Waals surface area contributed by atoms with E-state index in [9.17, 15) is 4.79 Å². The van der Waals surface area contributed by atoms with Gasteiger partial charge in [0.15, 0.2) is 0 Å². The summed E-state index contributed by atoms with van der Waals surface area (Å²) in [5, 5.41) is 6.05. The summed E-state index contributed by atoms with van der Waals surface area (Å²) < 4.78 is 0. The van der Waals surface area contributed by atoms with Crippen LogP contribution in [0.1, 0.15) is 37.8 Å². The number of rotatable bonds is 5. The maximum Gasteiger partial charge on any atom is 0.224 e. The topological polar surface area (TPSA) is 54.9 Å². The monoisotopic (exact) mass is 365 g/mol. The van der Waals surface area contributed by atoms with Crippen molar-refractivity contribution in [3.63, 3.8) is 0 Å². The highest BCUT2D eigenvalue weighted by Gasteiger charge is 2.18. The van der Waals surface area contributed by atoms with Crippen LogP contribution in [0.4, 0.5) is 5.69 Å². The molecule has 5 heteroatoms. The molecule has 1 amide bonds. The molecule has 0 aliphatic rings. The van der Waals surface area contributed by atoms with Gasteiger partial charge in [0.1, 0.15) is 0 Å². The number of amides is 1. The van der Waals surface area contributed by atoms with Crippen molar-refractivity contribution in [1.82, 2.24) is 9.97 Å². The number of aromatic nitrogens is 2. The van der Waals surface area contributed by atoms with Crippen LogP contribution in [0.2, 0.25) is 0 Å². The molecule has 2 heterocycles. The number of benzene rings is 1. The van der Waals surface area contributed by atoms with Crippen LogP contribution < -0.4 is 5.32 Å². The second-order valence-corrected chi connectivity index (χ2v) is 8.15. The summed E-state index contributed by atoms with van der Waals surface area (Å²) in [6.45, 7) is 6.44. The van der Waals surface area contributed by atoms with Gasteiger partial charge in [0.05, 0.1) is 10.7 Å². The number of carbonyl (C=O) groups excluding carboxylic acids is 1. The summed E-state index contributed by atoms with van der Waals surface area (Å²) in [5.74, 6) is 0.0161. The lowest BCUT2D eigenvalue weighted by Crippen LogP contribution is -2.18. The molecule has 0 aliphatic heterocycles. The Kier molecular flexibility index (Phi) is 5.47. The molecule has 134 valence electrons. The molecule has 0 aliphatic carbocycles. The number of para-hydroxylation sites is 1. The third kappa shape index (κ3) is 4.55. The van der Waals surface area contributed by atoms with Crippen LogP contribution in [0, 0.1) is 0 Å². The number of hydrogen-bond donors (Lipinski definition) is 1. The molecule has 0 fully saturated rings. The molecule has 26 heavy (non-hydrogen) atoms. The number of pyridine rings is 1. The molecule has 0 bridgehead atoms. The standard InChI is InChI=1S/C21H23N3OS/c1-21(2,3)16-6-4-5-7-17(16)23-19(25)8-9-20-24-18(14-26-20)15-10-12-22-13-11-15/h4-7,10-14H,8-9H2,1-3H3,(H,23,25). The summed E-state index contributed by atoms with van der Waals surface area (Å²) in [7, 11) is 0. The minimum absolute atomic E-state index is 0.0153. The highest BCUT2D eigenvalue weighted by atomic mass is 32.1. The number of nitrogens with one attached hydrogen (secondary N) is 1. The van der Waals surface area contributed by atoms with E-state index in [1.165, 1.54) is 0 Å². The molecule has 0 unspecified atom stereocenters. The lowest BCUT2D eigenvalue weighted by atomic mass is 9.86. The van der Waals surface area contributed by atoms with Gasteiger partial charge in [0.25, 0.3) is 0 Å². The Morgan fingerprint density at radius 1 is 1.12 bits per heavy atom. The van der Waals surface area contributed by atoms with E-state index in [0.29, 0.717) is 12.8 Å². The number of hydrogen-bond acceptors (Lipinski definition) is 4. The maximum absolute atomic E-state index is 12.4. The van der Waals surface area contributed by atoms with Crippen LogP contribution in [-0.2, 0) is 16.6 Å². The van der Waals surface area contributed by atoms with Gasteiger partial charge in [-0.25, -0.2) is 4.98 Å². The molecule has 2 aromatic heterocycles. The maximum atomic E-state index is 12.4. The molecule has 0 saturated carbocycles. The SMILES string of the molecule is CC(C)(C)c1ccccc1NC(=O)CCc1nc(-c2ccncc2)cs1. The number of thiazole rings is 1. The van der Waals surface area contributed by atoms with Crippen molar-refractivity contribution < 1.29 is 4.79 Å². The highest BCUT2D eigenvalue weighted by Crippen LogP contribution is 2.29. The number of nitrogens with zero attached hydrogens (tertiary/aromatic N) is 2. The Labute approximate surface area is 158 Å². The number of anilines is 1. The summed E-state index contributed by atoms with van der Waals surface area (Å²) in [6.07, 6.45) is 4.57. The van der Waals surface area contributed by atoms with Crippen LogP contribution in [-0.4, -0.2) is 15.9 Å². The van der Waals surface area contributed by atoms with Gasteiger partial charge in [-0.2, -0.15) is 0 Å². The molecule has 0 spiro atoms. The molecular formula is C21H23N3OS. The first kappa shape index (κ1) is 18.3. The van der Waals surface area contributed by atoms with Crippen LogP contribution >= 0.6 is 11.3 Å². The first-order valence-electron chi connectivity index (χ1n) is 8.67. The second kappa shape index (κ2) is 7.79. The largest absolute Gasteiger partial charge is 0.326 e. The van der Waals surface area contributed by atoms with E-state index in [0.717, 1.165) is 27.5 Å². The Morgan fingerprint density at radius 2 is 1.85 bits per heavy atom. The minimum atomic E-state index is -0.0153. The normalized spacial score (nSPS) is 11.3. The summed E-state index contributed by atoms with van der Waals surface area (Å²) in [4.78, 5) is 21.1. The average Bonchev–Trinajstić information content (AvgIpc) is 3.09. The van der Waals surface area contributed by atoms with Gasteiger partial charge in [-0.05, 0) is 29.2 Å². The third-order valence-corrected chi connectivity index (χ3v) is 5.01. The Balaban J connectivity index is 1.61. The summed E-state index contributed by atoms with van der Waals surface area (Å²) in [6, 6.07) is 11.9. The second-order valence-electron chi connectivity index (χ2n) is 7.21. The highest BCUT2D eigenvalue weighted by molar-refractivity contribution is 7.09. The lowest BCUT2D eigenvalue weighted by molar-refractivity contribution is -0.116. The van der Waals surface area contributed by atoms with Gasteiger partial charge >= 0.3 is 0 Å². The minimum Gasteiger partial charge on any atom is -0.326 e. The fourth-order valence-corrected chi connectivity index (χ4v) is 3.57. The van der Waals surface area contributed by atoms with Crippen molar-refractivity contribution in [2.24, 2.45) is 0 Å². The molecule has 0 saturated heterocycles. The van der Waals surface area contributed by atoms with E-state index < -0.39 is 0 Å². The lowest BCUT2D eigenvalue weighted by Gasteiger charge is -2.23. The Bertz CT molecular complexity index is 882. The van der Waals surface area contributed by atoms with Gasteiger partial charge < -0.3 is 5.32 Å². The molecule has 3 rings (SSSR count). The predicted octanol–water partition coefficient (Wildman–Crippen LogP) is 5.07. The van der Waals surface area contributed by atoms with E-state index in [1.807, 2.05) is 35.7 Å². The quantitative estimate of drug-likeness (QED) is 0.686. The smallest absolute Gasteiger partial charge is 0.224 e. The van der Waals surface area contributed by atoms with Gasteiger partial charge in [0.2, 0.25) is 5.91 Å². The fourth-order valence-electron chi connectivity index (χ4n) is 2.76. The average molecular weight is 366 g/mol. The number of aryl methyl sites for hydroxylation is 1. The van der Waals surface area contributed by atoms with E-state index in [4.69, 9.17) is 0 Å². The van der Waals surface area contributed by atoms with Gasteiger partial charge in [0, 0.05) is 41.9 Å². The first-order valence-corrected chi connectivity index (χ1v) is 9.55. The van der Waals surface area contributed by atoms with Gasteiger partial charge in [-0.3, -0.25) is 9.78 Å². The molecule has 1 N–H and O–H groups in total. The Morgan fingerprint density at radius 3 is 2.58 bits per heavy atom. The zero-order valence-corrected chi connectivity index (χ0v) is 16.1. The summed E-state index contributed by atoms with van der Waals surface area (Å²) >= 11 is 1.59. The van der Waals surface area contributed by atoms with Crippen molar-refractivity contribution >= 4 is 22.9 Å². The molecule has 4 nitrogen and oxygen atoms in total.